The summed E-state index contributed by atoms with van der Waals surface area (Å²) in [6.07, 6.45) is 3.22. The second-order valence-electron chi connectivity index (χ2n) is 5.89. The molecule has 0 bridgehead atoms. The number of nitrogens with one attached hydrogen (secondary N) is 1. The molecule has 3 rings (SSSR count). The first-order valence-electron chi connectivity index (χ1n) is 8.32. The van der Waals surface area contributed by atoms with E-state index in [2.05, 4.69) is 10.5 Å². The molecule has 0 spiro atoms. The summed E-state index contributed by atoms with van der Waals surface area (Å²) in [5, 5.41) is 6.62. The van der Waals surface area contributed by atoms with Crippen LogP contribution in [0.4, 0.5) is 0 Å². The molecule has 2 aromatic rings. The van der Waals surface area contributed by atoms with Gasteiger partial charge >= 0.3 is 0 Å². The Morgan fingerprint density at radius 3 is 2.67 bits per heavy atom. The maximum atomic E-state index is 12.0. The molecule has 1 aromatic heterocycles. The minimum Gasteiger partial charge on any atom is -0.355 e. The molecule has 2 amide bonds. The number of hydrogen-bond donors (Lipinski definition) is 1. The molecule has 1 aliphatic heterocycles. The molecule has 24 heavy (non-hydrogen) atoms. The van der Waals surface area contributed by atoms with Crippen LogP contribution in [0.25, 0.3) is 11.3 Å². The fraction of sp³-hybridized carbons (Fsp3) is 0.389. The summed E-state index contributed by atoms with van der Waals surface area (Å²) >= 11 is 0. The van der Waals surface area contributed by atoms with Gasteiger partial charge in [0.25, 0.3) is 5.91 Å². The zero-order valence-corrected chi connectivity index (χ0v) is 13.5. The predicted octanol–water partition coefficient (Wildman–Crippen LogP) is 2.47. The van der Waals surface area contributed by atoms with Gasteiger partial charge < -0.3 is 14.7 Å². The Kier molecular flexibility index (Phi) is 5.25. The minimum absolute atomic E-state index is 0.219. The minimum atomic E-state index is -0.255. The zero-order chi connectivity index (χ0) is 16.8. The molecule has 0 radical (unpaired) electrons. The molecule has 6 nitrogen and oxygen atoms in total. The third-order valence-corrected chi connectivity index (χ3v) is 4.11. The first-order valence-corrected chi connectivity index (χ1v) is 8.32. The number of carbonyl (C=O) groups excluding carboxylic acids is 2. The zero-order valence-electron chi connectivity index (χ0n) is 13.5. The highest BCUT2D eigenvalue weighted by molar-refractivity contribution is 5.93. The van der Waals surface area contributed by atoms with Crippen LogP contribution in [-0.4, -0.2) is 41.5 Å². The van der Waals surface area contributed by atoms with Crippen LogP contribution in [0.15, 0.2) is 40.9 Å². The summed E-state index contributed by atoms with van der Waals surface area (Å²) in [6.45, 7) is 2.32. The van der Waals surface area contributed by atoms with Crippen LogP contribution in [0.1, 0.15) is 36.2 Å². The van der Waals surface area contributed by atoms with Crippen molar-refractivity contribution in [2.24, 2.45) is 0 Å². The molecule has 1 fully saturated rings. The van der Waals surface area contributed by atoms with E-state index in [1.165, 1.54) is 0 Å². The number of benzene rings is 1. The molecule has 0 aliphatic carbocycles. The fourth-order valence-electron chi connectivity index (χ4n) is 2.54. The van der Waals surface area contributed by atoms with Crippen molar-refractivity contribution in [3.05, 3.63) is 42.1 Å². The van der Waals surface area contributed by atoms with Gasteiger partial charge in [0.2, 0.25) is 5.91 Å². The molecule has 0 unspecified atom stereocenters. The van der Waals surface area contributed by atoms with E-state index in [9.17, 15) is 9.59 Å². The van der Waals surface area contributed by atoms with E-state index in [0.29, 0.717) is 18.7 Å². The molecule has 1 aromatic carbocycles. The van der Waals surface area contributed by atoms with Crippen molar-refractivity contribution in [1.82, 2.24) is 15.4 Å². The van der Waals surface area contributed by atoms with Crippen LogP contribution in [0.3, 0.4) is 0 Å². The molecular formula is C18H21N3O3. The van der Waals surface area contributed by atoms with Crippen molar-refractivity contribution in [1.29, 1.82) is 0 Å². The number of unbranched alkanes of at least 4 members (excludes halogenated alkanes) is 1. The number of likely N-dealkylation sites (tertiary alicyclic amines) is 1. The van der Waals surface area contributed by atoms with Gasteiger partial charge in [0, 0.05) is 37.7 Å². The molecule has 2 heterocycles. The van der Waals surface area contributed by atoms with E-state index in [1.54, 1.807) is 6.07 Å². The van der Waals surface area contributed by atoms with Gasteiger partial charge in [-0.2, -0.15) is 0 Å². The molecule has 1 aliphatic rings. The number of amides is 2. The Morgan fingerprint density at radius 2 is 1.96 bits per heavy atom. The third kappa shape index (κ3) is 4.01. The summed E-state index contributed by atoms with van der Waals surface area (Å²) in [6, 6.07) is 11.2. The number of aromatic nitrogens is 1. The molecule has 0 atom stereocenters. The standard InChI is InChI=1S/C18H21N3O3/c22-17(21-11-6-12-21)9-4-5-10-19-18(23)15-13-16(24-20-15)14-7-2-1-3-8-14/h1-3,7-8,13H,4-6,9-12H2,(H,19,23). The summed E-state index contributed by atoms with van der Waals surface area (Å²) in [5.41, 5.74) is 1.15. The van der Waals surface area contributed by atoms with Crippen molar-refractivity contribution in [2.45, 2.75) is 25.7 Å². The normalized spacial score (nSPS) is 13.4. The lowest BCUT2D eigenvalue weighted by Gasteiger charge is -2.30. The van der Waals surface area contributed by atoms with Crippen LogP contribution < -0.4 is 5.32 Å². The van der Waals surface area contributed by atoms with Crippen LogP contribution in [0.5, 0.6) is 0 Å². The smallest absolute Gasteiger partial charge is 0.273 e. The van der Waals surface area contributed by atoms with Crippen LogP contribution in [0, 0.1) is 0 Å². The maximum Gasteiger partial charge on any atom is 0.273 e. The summed E-state index contributed by atoms with van der Waals surface area (Å²) in [5.74, 6) is 0.535. The molecular weight excluding hydrogens is 306 g/mol. The summed E-state index contributed by atoms with van der Waals surface area (Å²) in [7, 11) is 0. The number of rotatable bonds is 7. The van der Waals surface area contributed by atoms with E-state index in [1.807, 2.05) is 35.2 Å². The molecule has 1 N–H and O–H groups in total. The monoisotopic (exact) mass is 327 g/mol. The van der Waals surface area contributed by atoms with E-state index in [4.69, 9.17) is 4.52 Å². The Morgan fingerprint density at radius 1 is 1.17 bits per heavy atom. The topological polar surface area (TPSA) is 75.4 Å². The van der Waals surface area contributed by atoms with Crippen molar-refractivity contribution < 1.29 is 14.1 Å². The molecule has 1 saturated heterocycles. The van der Waals surface area contributed by atoms with Crippen molar-refractivity contribution in [3.63, 3.8) is 0 Å². The van der Waals surface area contributed by atoms with Crippen molar-refractivity contribution in [2.75, 3.05) is 19.6 Å². The largest absolute Gasteiger partial charge is 0.355 e. The highest BCUT2D eigenvalue weighted by Gasteiger charge is 2.19. The highest BCUT2D eigenvalue weighted by Crippen LogP contribution is 2.19. The summed E-state index contributed by atoms with van der Waals surface area (Å²) in [4.78, 5) is 25.6. The Balaban J connectivity index is 1.39. The van der Waals surface area contributed by atoms with E-state index >= 15 is 0 Å². The van der Waals surface area contributed by atoms with Crippen LogP contribution in [0.2, 0.25) is 0 Å². The second-order valence-corrected chi connectivity index (χ2v) is 5.89. The lowest BCUT2D eigenvalue weighted by Crippen LogP contribution is -2.41. The maximum absolute atomic E-state index is 12.0. The Labute approximate surface area is 140 Å². The van der Waals surface area contributed by atoms with Crippen LogP contribution >= 0.6 is 0 Å². The van der Waals surface area contributed by atoms with Crippen LogP contribution in [-0.2, 0) is 4.79 Å². The van der Waals surface area contributed by atoms with Gasteiger partial charge in [0.05, 0.1) is 0 Å². The third-order valence-electron chi connectivity index (χ3n) is 4.11. The van der Waals surface area contributed by atoms with Gasteiger partial charge in [-0.15, -0.1) is 0 Å². The van der Waals surface area contributed by atoms with E-state index in [-0.39, 0.29) is 17.5 Å². The molecule has 126 valence electrons. The number of carbonyl (C=O) groups is 2. The first-order chi connectivity index (χ1) is 11.7. The SMILES string of the molecule is O=C(NCCCCC(=O)N1CCC1)c1cc(-c2ccccc2)on1. The van der Waals surface area contributed by atoms with Gasteiger partial charge in [-0.05, 0) is 19.3 Å². The highest BCUT2D eigenvalue weighted by atomic mass is 16.5. The lowest BCUT2D eigenvalue weighted by molar-refractivity contribution is -0.134. The predicted molar refractivity (Wildman–Crippen MR) is 89.3 cm³/mol. The number of nitrogens with zero attached hydrogens (tertiary/aromatic N) is 2. The first kappa shape index (κ1) is 16.2. The second kappa shape index (κ2) is 7.77. The fourth-order valence-corrected chi connectivity index (χ4v) is 2.54. The van der Waals surface area contributed by atoms with E-state index < -0.39 is 0 Å². The Bertz CT molecular complexity index is 693. The van der Waals surface area contributed by atoms with Crippen molar-refractivity contribution >= 4 is 11.8 Å². The van der Waals surface area contributed by atoms with Gasteiger partial charge in [-0.25, -0.2) is 0 Å². The average molecular weight is 327 g/mol. The average Bonchev–Trinajstić information content (AvgIpc) is 3.03. The quantitative estimate of drug-likeness (QED) is 0.793. The Hall–Kier alpha value is -2.63. The lowest BCUT2D eigenvalue weighted by atomic mass is 10.1. The number of hydrogen-bond acceptors (Lipinski definition) is 4. The van der Waals surface area contributed by atoms with E-state index in [0.717, 1.165) is 37.9 Å². The molecule has 6 heteroatoms. The molecule has 0 saturated carbocycles. The van der Waals surface area contributed by atoms with Gasteiger partial charge in [-0.1, -0.05) is 35.5 Å². The van der Waals surface area contributed by atoms with Gasteiger partial charge in [-0.3, -0.25) is 9.59 Å². The van der Waals surface area contributed by atoms with Gasteiger partial charge in [0.1, 0.15) is 0 Å². The summed E-state index contributed by atoms with van der Waals surface area (Å²) < 4.78 is 5.21. The van der Waals surface area contributed by atoms with Crippen molar-refractivity contribution in [3.8, 4) is 11.3 Å². The van der Waals surface area contributed by atoms with Gasteiger partial charge in [0.15, 0.2) is 11.5 Å².